The summed E-state index contributed by atoms with van der Waals surface area (Å²) in [7, 11) is 2.11. The van der Waals surface area contributed by atoms with E-state index in [0.29, 0.717) is 11.3 Å². The summed E-state index contributed by atoms with van der Waals surface area (Å²) in [6.07, 6.45) is 2.75. The molecule has 2 aromatic carbocycles. The van der Waals surface area contributed by atoms with Crippen LogP contribution in [-0.4, -0.2) is 54.0 Å². The van der Waals surface area contributed by atoms with Crippen LogP contribution in [0.2, 0.25) is 0 Å². The quantitative estimate of drug-likeness (QED) is 0.203. The summed E-state index contributed by atoms with van der Waals surface area (Å²) in [4.78, 5) is 31.8. The average molecular weight is 424 g/mol. The number of nitro benzene ring substituents is 1. The highest BCUT2D eigenvalue weighted by atomic mass is 32.1. The Bertz CT molecular complexity index is 1120. The molecule has 1 aromatic heterocycles. The summed E-state index contributed by atoms with van der Waals surface area (Å²) < 4.78 is 6.35. The number of carbonyl (C=O) groups excluding carboxylic acids is 1. The SMILES string of the molecule is CN1CCN(c2nc3ccc(OC(=O)C=Cc4cccc([N+](=O)[O-])c4)cc3s2)CC1. The van der Waals surface area contributed by atoms with Crippen molar-refractivity contribution in [3.63, 3.8) is 0 Å². The van der Waals surface area contributed by atoms with Gasteiger partial charge in [0.15, 0.2) is 5.13 Å². The number of rotatable bonds is 5. The Morgan fingerprint density at radius 2 is 2.00 bits per heavy atom. The number of piperazine rings is 1. The Morgan fingerprint density at radius 1 is 1.20 bits per heavy atom. The van der Waals surface area contributed by atoms with Crippen molar-refractivity contribution in [1.29, 1.82) is 0 Å². The molecule has 4 rings (SSSR count). The number of hydrogen-bond donors (Lipinski definition) is 0. The average Bonchev–Trinajstić information content (AvgIpc) is 3.16. The summed E-state index contributed by atoms with van der Waals surface area (Å²) in [6.45, 7) is 3.91. The molecular weight excluding hydrogens is 404 g/mol. The minimum absolute atomic E-state index is 0.0303. The highest BCUT2D eigenvalue weighted by Crippen LogP contribution is 2.32. The van der Waals surface area contributed by atoms with E-state index in [0.717, 1.165) is 41.5 Å². The van der Waals surface area contributed by atoms with Crippen molar-refractivity contribution in [3.05, 3.63) is 64.2 Å². The van der Waals surface area contributed by atoms with Crippen LogP contribution >= 0.6 is 11.3 Å². The van der Waals surface area contributed by atoms with Crippen LogP contribution in [0.25, 0.3) is 16.3 Å². The van der Waals surface area contributed by atoms with Gasteiger partial charge in [0.25, 0.3) is 5.69 Å². The van der Waals surface area contributed by atoms with Crippen molar-refractivity contribution >= 4 is 44.4 Å². The lowest BCUT2D eigenvalue weighted by Crippen LogP contribution is -2.44. The number of non-ortho nitro benzene ring substituents is 1. The standard InChI is InChI=1S/C21H20N4O4S/c1-23-9-11-24(12-10-23)21-22-18-7-6-17(14-19(18)30-21)29-20(26)8-5-15-3-2-4-16(13-15)25(27)28/h2-8,13-14H,9-12H2,1H3. The number of ether oxygens (including phenoxy) is 1. The number of nitro groups is 1. The number of likely N-dealkylation sites (N-methyl/N-ethyl adjacent to an activating group) is 1. The van der Waals surface area contributed by atoms with Gasteiger partial charge in [0.2, 0.25) is 0 Å². The van der Waals surface area contributed by atoms with Crippen LogP contribution in [0.4, 0.5) is 10.8 Å². The molecule has 1 saturated heterocycles. The van der Waals surface area contributed by atoms with E-state index in [4.69, 9.17) is 9.72 Å². The number of thiazole rings is 1. The molecule has 0 spiro atoms. The number of benzene rings is 2. The number of esters is 1. The van der Waals surface area contributed by atoms with Crippen molar-refractivity contribution in [2.24, 2.45) is 0 Å². The number of aromatic nitrogens is 1. The fraction of sp³-hybridized carbons (Fsp3) is 0.238. The van der Waals surface area contributed by atoms with Gasteiger partial charge in [0.1, 0.15) is 5.75 Å². The second-order valence-corrected chi connectivity index (χ2v) is 8.03. The third kappa shape index (κ3) is 4.64. The zero-order valence-electron chi connectivity index (χ0n) is 16.4. The summed E-state index contributed by atoms with van der Waals surface area (Å²) in [5.41, 5.74) is 1.40. The molecule has 9 heteroatoms. The van der Waals surface area contributed by atoms with E-state index in [1.165, 1.54) is 24.3 Å². The van der Waals surface area contributed by atoms with E-state index in [2.05, 4.69) is 16.8 Å². The van der Waals surface area contributed by atoms with Gasteiger partial charge in [0.05, 0.1) is 15.1 Å². The smallest absolute Gasteiger partial charge is 0.336 e. The molecule has 8 nitrogen and oxygen atoms in total. The molecule has 30 heavy (non-hydrogen) atoms. The van der Waals surface area contributed by atoms with Crippen molar-refractivity contribution in [2.75, 3.05) is 38.1 Å². The Kier molecular flexibility index (Phi) is 5.73. The van der Waals surface area contributed by atoms with E-state index in [1.54, 1.807) is 29.5 Å². The second-order valence-electron chi connectivity index (χ2n) is 7.02. The van der Waals surface area contributed by atoms with Gasteiger partial charge in [-0.25, -0.2) is 9.78 Å². The van der Waals surface area contributed by atoms with Crippen LogP contribution in [0.5, 0.6) is 5.75 Å². The number of nitrogens with zero attached hydrogens (tertiary/aromatic N) is 4. The maximum atomic E-state index is 12.2. The van der Waals surface area contributed by atoms with Crippen LogP contribution in [-0.2, 0) is 4.79 Å². The predicted octanol–water partition coefficient (Wildman–Crippen LogP) is 3.58. The predicted molar refractivity (Wildman–Crippen MR) is 117 cm³/mol. The summed E-state index contributed by atoms with van der Waals surface area (Å²) in [5, 5.41) is 11.8. The Hall–Kier alpha value is -3.30. The Morgan fingerprint density at radius 3 is 2.77 bits per heavy atom. The lowest BCUT2D eigenvalue weighted by molar-refractivity contribution is -0.384. The van der Waals surface area contributed by atoms with Crippen molar-refractivity contribution in [2.45, 2.75) is 0 Å². The lowest BCUT2D eigenvalue weighted by atomic mass is 10.2. The maximum Gasteiger partial charge on any atom is 0.336 e. The van der Waals surface area contributed by atoms with Gasteiger partial charge in [-0.2, -0.15) is 0 Å². The highest BCUT2D eigenvalue weighted by molar-refractivity contribution is 7.22. The van der Waals surface area contributed by atoms with E-state index < -0.39 is 10.9 Å². The summed E-state index contributed by atoms with van der Waals surface area (Å²) >= 11 is 1.58. The van der Waals surface area contributed by atoms with Crippen LogP contribution < -0.4 is 9.64 Å². The molecule has 0 radical (unpaired) electrons. The zero-order valence-corrected chi connectivity index (χ0v) is 17.2. The first-order valence-corrected chi connectivity index (χ1v) is 10.3. The Labute approximate surface area is 177 Å². The number of carbonyl (C=O) groups is 1. The largest absolute Gasteiger partial charge is 0.423 e. The van der Waals surface area contributed by atoms with E-state index in [1.807, 2.05) is 12.1 Å². The van der Waals surface area contributed by atoms with E-state index >= 15 is 0 Å². The number of anilines is 1. The molecule has 0 bridgehead atoms. The van der Waals surface area contributed by atoms with Gasteiger partial charge in [-0.05, 0) is 30.8 Å². The second kappa shape index (κ2) is 8.60. The first kappa shape index (κ1) is 20.0. The normalized spacial score (nSPS) is 15.0. The first-order valence-electron chi connectivity index (χ1n) is 9.46. The van der Waals surface area contributed by atoms with Crippen molar-refractivity contribution in [3.8, 4) is 5.75 Å². The lowest BCUT2D eigenvalue weighted by Gasteiger charge is -2.31. The van der Waals surface area contributed by atoms with Crippen molar-refractivity contribution < 1.29 is 14.5 Å². The van der Waals surface area contributed by atoms with Gasteiger partial charge in [-0.1, -0.05) is 23.5 Å². The Balaban J connectivity index is 1.44. The minimum Gasteiger partial charge on any atom is -0.423 e. The van der Waals surface area contributed by atoms with Crippen LogP contribution in [0, 0.1) is 10.1 Å². The molecular formula is C21H20N4O4S. The van der Waals surface area contributed by atoms with Gasteiger partial charge < -0.3 is 14.5 Å². The van der Waals surface area contributed by atoms with Crippen LogP contribution in [0.15, 0.2) is 48.5 Å². The molecule has 1 fully saturated rings. The van der Waals surface area contributed by atoms with Gasteiger partial charge in [-0.3, -0.25) is 10.1 Å². The molecule has 1 aliphatic heterocycles. The molecule has 0 saturated carbocycles. The molecule has 0 amide bonds. The van der Waals surface area contributed by atoms with Gasteiger partial charge >= 0.3 is 5.97 Å². The molecule has 154 valence electrons. The van der Waals surface area contributed by atoms with Gasteiger partial charge in [-0.15, -0.1) is 0 Å². The fourth-order valence-corrected chi connectivity index (χ4v) is 4.19. The third-order valence-electron chi connectivity index (χ3n) is 4.83. The molecule has 0 atom stereocenters. The minimum atomic E-state index is -0.551. The molecule has 0 aliphatic carbocycles. The van der Waals surface area contributed by atoms with Crippen molar-refractivity contribution in [1.82, 2.24) is 9.88 Å². The number of fused-ring (bicyclic) bond motifs is 1. The fourth-order valence-electron chi connectivity index (χ4n) is 3.15. The topological polar surface area (TPSA) is 88.8 Å². The number of hydrogen-bond acceptors (Lipinski definition) is 8. The molecule has 3 aromatic rings. The molecule has 0 N–H and O–H groups in total. The third-order valence-corrected chi connectivity index (χ3v) is 5.91. The first-order chi connectivity index (χ1) is 14.5. The van der Waals surface area contributed by atoms with Crippen LogP contribution in [0.3, 0.4) is 0 Å². The molecule has 2 heterocycles. The van der Waals surface area contributed by atoms with E-state index in [9.17, 15) is 14.9 Å². The summed E-state index contributed by atoms with van der Waals surface area (Å²) in [5.74, 6) is -0.116. The monoisotopic (exact) mass is 424 g/mol. The van der Waals surface area contributed by atoms with Crippen LogP contribution in [0.1, 0.15) is 5.56 Å². The maximum absolute atomic E-state index is 12.2. The molecule has 1 aliphatic rings. The van der Waals surface area contributed by atoms with Gasteiger partial charge in [0, 0.05) is 50.5 Å². The summed E-state index contributed by atoms with van der Waals surface area (Å²) in [6, 6.07) is 11.4. The van der Waals surface area contributed by atoms with E-state index in [-0.39, 0.29) is 5.69 Å². The molecule has 0 unspecified atom stereocenters. The zero-order chi connectivity index (χ0) is 21.1. The highest BCUT2D eigenvalue weighted by Gasteiger charge is 2.18.